The van der Waals surface area contributed by atoms with Crippen molar-refractivity contribution in [2.24, 2.45) is 0 Å². The second kappa shape index (κ2) is 4.51. The number of sulfone groups is 1. The molecule has 0 fully saturated rings. The molecular formula is C8H9ClO4S2. The van der Waals surface area contributed by atoms with Crippen molar-refractivity contribution in [3.8, 4) is 5.06 Å². The number of halogens is 1. The number of rotatable bonds is 3. The number of hydrogen-bond donors (Lipinski definition) is 0. The second-order valence-electron chi connectivity index (χ2n) is 2.80. The highest BCUT2D eigenvalue weighted by atomic mass is 35.5. The third-order valence-electron chi connectivity index (χ3n) is 1.53. The van der Waals surface area contributed by atoms with E-state index in [1.807, 2.05) is 0 Å². The summed E-state index contributed by atoms with van der Waals surface area (Å²) in [5, 5.41) is 0.0364. The highest BCUT2D eigenvalue weighted by Gasteiger charge is 2.20. The molecule has 4 nitrogen and oxygen atoms in total. The Kier molecular flexibility index (Phi) is 3.75. The smallest absolute Gasteiger partial charge is 0.311 e. The van der Waals surface area contributed by atoms with Crippen LogP contribution in [0.4, 0.5) is 0 Å². The van der Waals surface area contributed by atoms with E-state index < -0.39 is 15.8 Å². The van der Waals surface area contributed by atoms with Crippen LogP contribution in [0.3, 0.4) is 0 Å². The Balaban J connectivity index is 3.13. The number of esters is 1. The molecule has 0 spiro atoms. The van der Waals surface area contributed by atoms with E-state index >= 15 is 0 Å². The lowest BCUT2D eigenvalue weighted by Gasteiger charge is -2.01. The molecule has 1 aromatic heterocycles. The third kappa shape index (κ3) is 3.19. The molecule has 0 aliphatic carbocycles. The summed E-state index contributed by atoms with van der Waals surface area (Å²) in [5.74, 6) is -0.488. The van der Waals surface area contributed by atoms with Crippen molar-refractivity contribution in [3.05, 3.63) is 10.4 Å². The standard InChI is InChI=1S/C8H9ClO4S2/c1-3-7(10)13-8-5(15(2,11)12)4-6(9)14-8/h4H,3H2,1-2H3. The van der Waals surface area contributed by atoms with Crippen LogP contribution in [0.2, 0.25) is 4.34 Å². The summed E-state index contributed by atoms with van der Waals surface area (Å²) in [6.45, 7) is 1.62. The summed E-state index contributed by atoms with van der Waals surface area (Å²) in [6.07, 6.45) is 1.22. The molecule has 0 bridgehead atoms. The summed E-state index contributed by atoms with van der Waals surface area (Å²) >= 11 is 6.59. The van der Waals surface area contributed by atoms with Crippen LogP contribution in [0.5, 0.6) is 5.06 Å². The lowest BCUT2D eigenvalue weighted by Crippen LogP contribution is -2.07. The minimum atomic E-state index is -3.42. The molecule has 0 atom stereocenters. The zero-order chi connectivity index (χ0) is 11.6. The Morgan fingerprint density at radius 3 is 2.67 bits per heavy atom. The normalized spacial score (nSPS) is 11.4. The molecule has 1 rings (SSSR count). The van der Waals surface area contributed by atoms with Gasteiger partial charge in [-0.3, -0.25) is 4.79 Å². The molecule has 1 aromatic rings. The molecule has 15 heavy (non-hydrogen) atoms. The zero-order valence-electron chi connectivity index (χ0n) is 8.11. The van der Waals surface area contributed by atoms with E-state index in [2.05, 4.69) is 0 Å². The molecule has 0 amide bonds. The van der Waals surface area contributed by atoms with Gasteiger partial charge in [-0.2, -0.15) is 0 Å². The first-order valence-electron chi connectivity index (χ1n) is 4.04. The van der Waals surface area contributed by atoms with Crippen molar-refractivity contribution in [1.29, 1.82) is 0 Å². The Morgan fingerprint density at radius 1 is 1.60 bits per heavy atom. The van der Waals surface area contributed by atoms with E-state index in [0.717, 1.165) is 17.6 Å². The maximum Gasteiger partial charge on any atom is 0.311 e. The van der Waals surface area contributed by atoms with E-state index in [1.54, 1.807) is 6.92 Å². The number of carbonyl (C=O) groups excluding carboxylic acids is 1. The van der Waals surface area contributed by atoms with Crippen LogP contribution in [0.15, 0.2) is 11.0 Å². The van der Waals surface area contributed by atoms with Gasteiger partial charge in [0.2, 0.25) is 5.06 Å². The summed E-state index contributed by atoms with van der Waals surface area (Å²) in [6, 6.07) is 1.28. The van der Waals surface area contributed by atoms with E-state index in [4.69, 9.17) is 16.3 Å². The van der Waals surface area contributed by atoms with Gasteiger partial charge in [0.05, 0.1) is 4.34 Å². The van der Waals surface area contributed by atoms with Crippen LogP contribution in [-0.4, -0.2) is 20.6 Å². The molecule has 1 heterocycles. The fourth-order valence-corrected chi connectivity index (χ4v) is 3.20. The van der Waals surface area contributed by atoms with Gasteiger partial charge >= 0.3 is 5.97 Å². The largest absolute Gasteiger partial charge is 0.414 e. The predicted molar refractivity (Wildman–Crippen MR) is 58.4 cm³/mol. The minimum Gasteiger partial charge on any atom is -0.414 e. The van der Waals surface area contributed by atoms with Crippen LogP contribution in [-0.2, 0) is 14.6 Å². The third-order valence-corrected chi connectivity index (χ3v) is 3.90. The summed E-state index contributed by atoms with van der Waals surface area (Å²) in [5.41, 5.74) is 0. The van der Waals surface area contributed by atoms with Gasteiger partial charge in [-0.1, -0.05) is 29.9 Å². The van der Waals surface area contributed by atoms with Crippen LogP contribution in [0, 0.1) is 0 Å². The monoisotopic (exact) mass is 268 g/mol. The topological polar surface area (TPSA) is 60.4 Å². The Bertz CT molecular complexity index is 475. The molecule has 0 radical (unpaired) electrons. The van der Waals surface area contributed by atoms with Gasteiger partial charge in [0.25, 0.3) is 0 Å². The number of carbonyl (C=O) groups is 1. The molecular weight excluding hydrogens is 260 g/mol. The number of hydrogen-bond acceptors (Lipinski definition) is 5. The summed E-state index contributed by atoms with van der Waals surface area (Å²) in [4.78, 5) is 11.0. The van der Waals surface area contributed by atoms with Crippen molar-refractivity contribution < 1.29 is 17.9 Å². The van der Waals surface area contributed by atoms with Gasteiger partial charge < -0.3 is 4.74 Å². The van der Waals surface area contributed by atoms with Crippen molar-refractivity contribution in [3.63, 3.8) is 0 Å². The van der Waals surface area contributed by atoms with Gasteiger partial charge in [-0.25, -0.2) is 8.42 Å². The van der Waals surface area contributed by atoms with Gasteiger partial charge in [0.1, 0.15) is 4.90 Å². The maximum atomic E-state index is 11.3. The van der Waals surface area contributed by atoms with E-state index in [1.165, 1.54) is 6.07 Å². The van der Waals surface area contributed by atoms with Crippen molar-refractivity contribution in [1.82, 2.24) is 0 Å². The van der Waals surface area contributed by atoms with Crippen molar-refractivity contribution >= 4 is 38.7 Å². The van der Waals surface area contributed by atoms with Crippen LogP contribution < -0.4 is 4.74 Å². The van der Waals surface area contributed by atoms with Crippen molar-refractivity contribution in [2.45, 2.75) is 18.2 Å². The average molecular weight is 269 g/mol. The van der Waals surface area contributed by atoms with E-state index in [0.29, 0.717) is 0 Å². The molecule has 0 N–H and O–H groups in total. The highest BCUT2D eigenvalue weighted by molar-refractivity contribution is 7.91. The van der Waals surface area contributed by atoms with Crippen LogP contribution in [0.25, 0.3) is 0 Å². The van der Waals surface area contributed by atoms with E-state index in [-0.39, 0.29) is 20.7 Å². The van der Waals surface area contributed by atoms with Crippen molar-refractivity contribution in [2.75, 3.05) is 6.26 Å². The summed E-state index contributed by atoms with van der Waals surface area (Å²) in [7, 11) is -3.42. The molecule has 0 saturated carbocycles. The molecule has 7 heteroatoms. The molecule has 0 aliphatic heterocycles. The molecule has 0 aromatic carbocycles. The molecule has 0 aliphatic rings. The molecule has 0 saturated heterocycles. The minimum absolute atomic E-state index is 0.0364. The summed E-state index contributed by atoms with van der Waals surface area (Å²) < 4.78 is 27.7. The number of ether oxygens (including phenoxy) is 1. The van der Waals surface area contributed by atoms with Gasteiger partial charge in [0.15, 0.2) is 9.84 Å². The Morgan fingerprint density at radius 2 is 2.20 bits per heavy atom. The first-order chi connectivity index (χ1) is 6.84. The fourth-order valence-electron chi connectivity index (χ4n) is 0.835. The maximum absolute atomic E-state index is 11.3. The molecule has 0 unspecified atom stereocenters. The lowest BCUT2D eigenvalue weighted by molar-refractivity contribution is -0.133. The van der Waals surface area contributed by atoms with Gasteiger partial charge in [0, 0.05) is 12.7 Å². The number of thiophene rings is 1. The van der Waals surface area contributed by atoms with Gasteiger partial charge in [-0.05, 0) is 6.07 Å². The first-order valence-corrected chi connectivity index (χ1v) is 7.13. The fraction of sp³-hybridized carbons (Fsp3) is 0.375. The van der Waals surface area contributed by atoms with Gasteiger partial charge in [-0.15, -0.1) is 0 Å². The second-order valence-corrected chi connectivity index (χ2v) is 6.43. The molecule has 84 valence electrons. The first kappa shape index (κ1) is 12.5. The quantitative estimate of drug-likeness (QED) is 0.788. The van der Waals surface area contributed by atoms with E-state index in [9.17, 15) is 13.2 Å². The van der Waals surface area contributed by atoms with Crippen LogP contribution >= 0.6 is 22.9 Å². The highest BCUT2D eigenvalue weighted by Crippen LogP contribution is 2.37. The lowest BCUT2D eigenvalue weighted by atomic mass is 10.5. The Hall–Kier alpha value is -0.590. The Labute approximate surface area is 96.7 Å². The van der Waals surface area contributed by atoms with Crippen LogP contribution in [0.1, 0.15) is 13.3 Å². The zero-order valence-corrected chi connectivity index (χ0v) is 10.5. The predicted octanol–water partition coefficient (Wildman–Crippen LogP) is 2.12. The average Bonchev–Trinajstić information content (AvgIpc) is 2.45. The SMILES string of the molecule is CCC(=O)Oc1sc(Cl)cc1S(C)(=O)=O.